The molecule has 172 valence electrons. The van der Waals surface area contributed by atoms with Crippen LogP contribution in [-0.4, -0.2) is 61.4 Å². The number of likely N-dealkylation sites (tertiary alicyclic amines) is 1. The van der Waals surface area contributed by atoms with E-state index < -0.39 is 18.4 Å². The Morgan fingerprint density at radius 3 is 2.59 bits per heavy atom. The molecule has 1 N–H and O–H groups in total. The number of piperidine rings is 1. The van der Waals surface area contributed by atoms with Gasteiger partial charge in [-0.25, -0.2) is 13.8 Å². The Labute approximate surface area is 185 Å². The number of Topliss-reactive ketones (excluding diaryl/α,β-unsaturated/α-hetero) is 1. The highest BCUT2D eigenvalue weighted by Gasteiger charge is 2.26. The molecule has 1 aliphatic heterocycles. The highest BCUT2D eigenvalue weighted by Crippen LogP contribution is 2.27. The zero-order valence-electron chi connectivity index (χ0n) is 18.4. The Kier molecular flexibility index (Phi) is 7.40. The minimum absolute atomic E-state index is 0.0108. The van der Waals surface area contributed by atoms with Crippen molar-refractivity contribution < 1.29 is 27.8 Å². The van der Waals surface area contributed by atoms with Crippen molar-refractivity contribution in [2.24, 2.45) is 5.92 Å². The fourth-order valence-corrected chi connectivity index (χ4v) is 3.45. The molecule has 0 aliphatic carbocycles. The predicted octanol–water partition coefficient (Wildman–Crippen LogP) is 3.90. The van der Waals surface area contributed by atoms with E-state index in [4.69, 9.17) is 9.47 Å². The third-order valence-corrected chi connectivity index (χ3v) is 5.24. The molecule has 0 spiro atoms. The molecule has 2 heterocycles. The number of carbonyl (C=O) groups excluding carboxylic acids is 2. The van der Waals surface area contributed by atoms with Gasteiger partial charge in [-0.15, -0.1) is 0 Å². The SMILES string of the molecule is COc1ccc(OCC(C)(F)F)c(C(=O)Nc2cccc(C(=O)C3CCN(C)CC3)n2)c1. The number of carbonyl (C=O) groups is 2. The molecule has 1 amide bonds. The Morgan fingerprint density at radius 1 is 1.22 bits per heavy atom. The van der Waals surface area contributed by atoms with Gasteiger partial charge < -0.3 is 19.7 Å². The molecule has 1 fully saturated rings. The van der Waals surface area contributed by atoms with Crippen molar-refractivity contribution in [3.05, 3.63) is 47.7 Å². The zero-order valence-corrected chi connectivity index (χ0v) is 18.4. The topological polar surface area (TPSA) is 80.8 Å². The van der Waals surface area contributed by atoms with Gasteiger partial charge in [0.1, 0.15) is 23.0 Å². The van der Waals surface area contributed by atoms with Crippen molar-refractivity contribution in [3.8, 4) is 11.5 Å². The normalized spacial score (nSPS) is 15.3. The van der Waals surface area contributed by atoms with Crippen molar-refractivity contribution >= 4 is 17.5 Å². The number of alkyl halides is 2. The Hall–Kier alpha value is -3.07. The quantitative estimate of drug-likeness (QED) is 0.619. The smallest absolute Gasteiger partial charge is 0.278 e. The number of hydrogen-bond donors (Lipinski definition) is 1. The molecule has 9 heteroatoms. The number of methoxy groups -OCH3 is 1. The van der Waals surface area contributed by atoms with Gasteiger partial charge in [0.2, 0.25) is 0 Å². The van der Waals surface area contributed by atoms with Crippen molar-refractivity contribution in [1.82, 2.24) is 9.88 Å². The first-order chi connectivity index (χ1) is 15.2. The van der Waals surface area contributed by atoms with Crippen LogP contribution in [0.3, 0.4) is 0 Å². The average Bonchev–Trinajstić information content (AvgIpc) is 2.77. The lowest BCUT2D eigenvalue weighted by Gasteiger charge is -2.27. The van der Waals surface area contributed by atoms with E-state index in [1.165, 1.54) is 25.3 Å². The fraction of sp³-hybridized carbons (Fsp3) is 0.435. The van der Waals surface area contributed by atoms with Crippen LogP contribution in [0.1, 0.15) is 40.6 Å². The lowest BCUT2D eigenvalue weighted by atomic mass is 9.91. The number of hydrogen-bond acceptors (Lipinski definition) is 6. The molecule has 0 unspecified atom stereocenters. The minimum Gasteiger partial charge on any atom is -0.497 e. The Bertz CT molecular complexity index is 970. The van der Waals surface area contributed by atoms with Crippen LogP contribution in [0.25, 0.3) is 0 Å². The van der Waals surface area contributed by atoms with Gasteiger partial charge in [0.05, 0.1) is 12.7 Å². The highest BCUT2D eigenvalue weighted by molar-refractivity contribution is 6.06. The number of ether oxygens (including phenoxy) is 2. The van der Waals surface area contributed by atoms with E-state index in [9.17, 15) is 18.4 Å². The van der Waals surface area contributed by atoms with Gasteiger partial charge in [-0.05, 0) is 63.3 Å². The van der Waals surface area contributed by atoms with Gasteiger partial charge in [0.15, 0.2) is 12.4 Å². The second kappa shape index (κ2) is 10.0. The lowest BCUT2D eigenvalue weighted by Crippen LogP contribution is -2.33. The van der Waals surface area contributed by atoms with E-state index in [0.29, 0.717) is 5.75 Å². The monoisotopic (exact) mass is 447 g/mol. The Morgan fingerprint density at radius 2 is 1.94 bits per heavy atom. The average molecular weight is 447 g/mol. The lowest BCUT2D eigenvalue weighted by molar-refractivity contribution is -0.0231. The van der Waals surface area contributed by atoms with Gasteiger partial charge in [0, 0.05) is 12.8 Å². The van der Waals surface area contributed by atoms with E-state index in [1.807, 2.05) is 7.05 Å². The molecule has 1 aromatic carbocycles. The van der Waals surface area contributed by atoms with Crippen molar-refractivity contribution in [1.29, 1.82) is 0 Å². The molecular formula is C23H27F2N3O4. The molecule has 0 atom stereocenters. The summed E-state index contributed by atoms with van der Waals surface area (Å²) in [6, 6.07) is 9.13. The number of rotatable bonds is 8. The standard InChI is InChI=1S/C23H27F2N3O4/c1-23(24,25)14-32-19-8-7-16(31-3)13-17(19)22(30)27-20-6-4-5-18(26-20)21(29)15-9-11-28(2)12-10-15/h4-8,13,15H,9-12,14H2,1-3H3,(H,26,27,30). The Balaban J connectivity index is 1.77. The number of aromatic nitrogens is 1. The summed E-state index contributed by atoms with van der Waals surface area (Å²) >= 11 is 0. The summed E-state index contributed by atoms with van der Waals surface area (Å²) in [5.41, 5.74) is 0.299. The molecule has 1 saturated heterocycles. The summed E-state index contributed by atoms with van der Waals surface area (Å²) in [5.74, 6) is -3.28. The molecule has 3 rings (SSSR count). The van der Waals surface area contributed by atoms with Gasteiger partial charge >= 0.3 is 0 Å². The minimum atomic E-state index is -3.06. The van der Waals surface area contributed by atoms with Crippen LogP contribution in [0.4, 0.5) is 14.6 Å². The summed E-state index contributed by atoms with van der Waals surface area (Å²) in [6.45, 7) is 1.55. The molecule has 1 aromatic heterocycles. The van der Waals surface area contributed by atoms with Crippen LogP contribution < -0.4 is 14.8 Å². The van der Waals surface area contributed by atoms with Crippen LogP contribution in [-0.2, 0) is 0 Å². The summed E-state index contributed by atoms with van der Waals surface area (Å²) in [7, 11) is 3.45. The summed E-state index contributed by atoms with van der Waals surface area (Å²) in [4.78, 5) is 32.2. The van der Waals surface area contributed by atoms with Gasteiger partial charge in [-0.1, -0.05) is 6.07 Å². The summed E-state index contributed by atoms with van der Waals surface area (Å²) in [6.07, 6.45) is 1.53. The third-order valence-electron chi connectivity index (χ3n) is 5.24. The van der Waals surface area contributed by atoms with E-state index in [0.717, 1.165) is 32.9 Å². The van der Waals surface area contributed by atoms with Crippen molar-refractivity contribution in [3.63, 3.8) is 0 Å². The van der Waals surface area contributed by atoms with Crippen LogP contribution in [0.5, 0.6) is 11.5 Å². The van der Waals surface area contributed by atoms with Gasteiger partial charge in [-0.2, -0.15) is 0 Å². The van der Waals surface area contributed by atoms with Gasteiger partial charge in [0.25, 0.3) is 11.8 Å². The zero-order chi connectivity index (χ0) is 23.3. The second-order valence-electron chi connectivity index (χ2n) is 8.02. The fourth-order valence-electron chi connectivity index (χ4n) is 3.45. The largest absolute Gasteiger partial charge is 0.497 e. The van der Waals surface area contributed by atoms with Crippen LogP contribution in [0.2, 0.25) is 0 Å². The predicted molar refractivity (Wildman–Crippen MR) is 116 cm³/mol. The number of nitrogens with one attached hydrogen (secondary N) is 1. The number of anilines is 1. The molecule has 0 radical (unpaired) electrons. The summed E-state index contributed by atoms with van der Waals surface area (Å²) < 4.78 is 36.8. The van der Waals surface area contributed by atoms with E-state index in [1.54, 1.807) is 18.2 Å². The van der Waals surface area contributed by atoms with Crippen LogP contribution in [0, 0.1) is 5.92 Å². The maximum atomic E-state index is 13.2. The molecule has 0 bridgehead atoms. The number of nitrogens with zero attached hydrogens (tertiary/aromatic N) is 2. The maximum absolute atomic E-state index is 13.2. The summed E-state index contributed by atoms with van der Waals surface area (Å²) in [5, 5.41) is 2.62. The molecule has 2 aromatic rings. The van der Waals surface area contributed by atoms with Crippen molar-refractivity contribution in [2.45, 2.75) is 25.7 Å². The maximum Gasteiger partial charge on any atom is 0.278 e. The van der Waals surface area contributed by atoms with Crippen LogP contribution in [0.15, 0.2) is 36.4 Å². The van der Waals surface area contributed by atoms with E-state index in [2.05, 4.69) is 15.2 Å². The van der Waals surface area contributed by atoms with E-state index >= 15 is 0 Å². The van der Waals surface area contributed by atoms with Crippen molar-refractivity contribution in [2.75, 3.05) is 39.2 Å². The first-order valence-corrected chi connectivity index (χ1v) is 10.4. The third kappa shape index (κ3) is 6.23. The number of ketones is 1. The highest BCUT2D eigenvalue weighted by atomic mass is 19.3. The van der Waals surface area contributed by atoms with Crippen LogP contribution >= 0.6 is 0 Å². The molecule has 1 aliphatic rings. The number of halogens is 2. The number of benzene rings is 1. The first-order valence-electron chi connectivity index (χ1n) is 10.4. The first kappa shape index (κ1) is 23.6. The van der Waals surface area contributed by atoms with Gasteiger partial charge in [-0.3, -0.25) is 9.59 Å². The number of amides is 1. The number of pyridine rings is 1. The second-order valence-corrected chi connectivity index (χ2v) is 8.02. The molecule has 32 heavy (non-hydrogen) atoms. The molecule has 7 nitrogen and oxygen atoms in total. The molecule has 0 saturated carbocycles. The molecular weight excluding hydrogens is 420 g/mol. The van der Waals surface area contributed by atoms with E-state index in [-0.39, 0.29) is 34.5 Å².